The lowest BCUT2D eigenvalue weighted by molar-refractivity contribution is -0.156. The highest BCUT2D eigenvalue weighted by Crippen LogP contribution is 2.43. The predicted molar refractivity (Wildman–Crippen MR) is 151 cm³/mol. The summed E-state index contributed by atoms with van der Waals surface area (Å²) in [6, 6.07) is 12.4. The molecule has 0 bridgehead atoms. The largest absolute Gasteiger partial charge is 0.504 e. The highest BCUT2D eigenvalue weighted by atomic mass is 16.6. The van der Waals surface area contributed by atoms with Crippen LogP contribution >= 0.6 is 0 Å². The summed E-state index contributed by atoms with van der Waals surface area (Å²) in [6.45, 7) is -0.512. The molecule has 224 valence electrons. The summed E-state index contributed by atoms with van der Waals surface area (Å²) in [5.41, 5.74) is 2.63. The van der Waals surface area contributed by atoms with Crippen molar-refractivity contribution in [2.75, 3.05) is 28.1 Å². The summed E-state index contributed by atoms with van der Waals surface area (Å²) in [6.07, 6.45) is 1.93. The molecule has 0 aliphatic heterocycles. The number of methoxy groups -OCH3 is 3. The lowest BCUT2D eigenvalue weighted by atomic mass is 9.65. The molecule has 1 aliphatic rings. The molecule has 0 spiro atoms. The number of aliphatic hydroxyl groups excluding tert-OH is 3. The Labute approximate surface area is 240 Å². The highest BCUT2D eigenvalue weighted by molar-refractivity contribution is 5.53. The zero-order chi connectivity index (χ0) is 29.5. The van der Waals surface area contributed by atoms with Gasteiger partial charge in [-0.3, -0.25) is 0 Å². The van der Waals surface area contributed by atoms with Crippen LogP contribution in [0.4, 0.5) is 0 Å². The van der Waals surface area contributed by atoms with Crippen LogP contribution < -0.4 is 14.2 Å². The second kappa shape index (κ2) is 14.0. The average molecular weight is 572 g/mol. The molecule has 2 aromatic carbocycles. The number of aliphatic hydroxyl groups is 3. The second-order valence-corrected chi connectivity index (χ2v) is 10.6. The number of aryl methyl sites for hydroxylation is 1. The monoisotopic (exact) mass is 571 g/mol. The topological polar surface area (TPSA) is 154 Å². The van der Waals surface area contributed by atoms with E-state index in [1.807, 2.05) is 18.3 Å². The van der Waals surface area contributed by atoms with Crippen molar-refractivity contribution in [3.63, 3.8) is 0 Å². The van der Waals surface area contributed by atoms with Gasteiger partial charge in [0.2, 0.25) is 5.75 Å². The molecule has 6 atom stereocenters. The van der Waals surface area contributed by atoms with Crippen molar-refractivity contribution in [1.82, 2.24) is 4.98 Å². The summed E-state index contributed by atoms with van der Waals surface area (Å²) >= 11 is 0. The van der Waals surface area contributed by atoms with Gasteiger partial charge in [0, 0.05) is 23.7 Å². The summed E-state index contributed by atoms with van der Waals surface area (Å²) in [5.74, 6) is -0.299. The Hall–Kier alpha value is -3.44. The molecule has 1 aromatic heterocycles. The summed E-state index contributed by atoms with van der Waals surface area (Å²) in [5, 5.41) is 53.4. The number of aromatic hydroxyl groups is 2. The van der Waals surface area contributed by atoms with Gasteiger partial charge in [-0.15, -0.1) is 0 Å². The van der Waals surface area contributed by atoms with Gasteiger partial charge in [-0.25, -0.2) is 0 Å². The summed E-state index contributed by atoms with van der Waals surface area (Å²) in [4.78, 5) is 3.22. The van der Waals surface area contributed by atoms with Crippen molar-refractivity contribution in [2.45, 2.75) is 50.4 Å². The maximum absolute atomic E-state index is 11.9. The van der Waals surface area contributed by atoms with Crippen LogP contribution in [0, 0.1) is 17.8 Å². The third-order valence-electron chi connectivity index (χ3n) is 8.25. The molecular formula is C31H41NO9. The molecule has 41 heavy (non-hydrogen) atoms. The Morgan fingerprint density at radius 2 is 1.59 bits per heavy atom. The smallest absolute Gasteiger partial charge is 0.200 e. The van der Waals surface area contributed by atoms with E-state index in [-0.39, 0.29) is 28.9 Å². The van der Waals surface area contributed by atoms with E-state index in [1.54, 1.807) is 30.3 Å². The van der Waals surface area contributed by atoms with E-state index < -0.39 is 36.9 Å². The van der Waals surface area contributed by atoms with E-state index in [9.17, 15) is 25.5 Å². The normalized spacial score (nSPS) is 23.2. The van der Waals surface area contributed by atoms with Crippen molar-refractivity contribution >= 4 is 0 Å². The van der Waals surface area contributed by atoms with Crippen LogP contribution in [0.5, 0.6) is 28.7 Å². The van der Waals surface area contributed by atoms with Crippen LogP contribution in [-0.2, 0) is 24.0 Å². The highest BCUT2D eigenvalue weighted by Gasteiger charge is 2.47. The number of aromatic amines is 1. The van der Waals surface area contributed by atoms with Gasteiger partial charge in [0.05, 0.1) is 39.6 Å². The fourth-order valence-electron chi connectivity index (χ4n) is 6.22. The van der Waals surface area contributed by atoms with Crippen molar-refractivity contribution in [3.8, 4) is 28.7 Å². The van der Waals surface area contributed by atoms with E-state index in [1.165, 1.54) is 21.3 Å². The number of hydrogen-bond acceptors (Lipinski definition) is 9. The molecule has 10 heteroatoms. The third-order valence-corrected chi connectivity index (χ3v) is 8.25. The lowest BCUT2D eigenvalue weighted by Gasteiger charge is -2.46. The van der Waals surface area contributed by atoms with Crippen LogP contribution in [-0.4, -0.2) is 77.0 Å². The van der Waals surface area contributed by atoms with Gasteiger partial charge in [-0.05, 0) is 85.5 Å². The number of ether oxygens (including phenoxy) is 4. The van der Waals surface area contributed by atoms with Crippen LogP contribution in [0.15, 0.2) is 48.7 Å². The molecule has 0 radical (unpaired) electrons. The number of nitrogens with one attached hydrogen (secondary N) is 1. The Morgan fingerprint density at radius 3 is 2.20 bits per heavy atom. The minimum absolute atomic E-state index is 0.0486. The van der Waals surface area contributed by atoms with Crippen molar-refractivity contribution in [1.29, 1.82) is 0 Å². The maximum atomic E-state index is 11.9. The van der Waals surface area contributed by atoms with E-state index in [0.717, 1.165) is 16.8 Å². The molecule has 3 aromatic rings. The first kappa shape index (κ1) is 30.5. The molecular weight excluding hydrogens is 530 g/mol. The number of benzene rings is 2. The fourth-order valence-corrected chi connectivity index (χ4v) is 6.22. The van der Waals surface area contributed by atoms with Crippen LogP contribution in [0.2, 0.25) is 0 Å². The molecule has 4 rings (SSSR count). The summed E-state index contributed by atoms with van der Waals surface area (Å²) < 4.78 is 21.7. The number of phenolic OH excluding ortho intramolecular Hbond substituents is 2. The van der Waals surface area contributed by atoms with E-state index in [0.29, 0.717) is 37.9 Å². The molecule has 0 unspecified atom stereocenters. The summed E-state index contributed by atoms with van der Waals surface area (Å²) in [7, 11) is 4.39. The van der Waals surface area contributed by atoms with Gasteiger partial charge in [0.15, 0.2) is 23.0 Å². The molecule has 1 aliphatic carbocycles. The van der Waals surface area contributed by atoms with E-state index in [2.05, 4.69) is 4.98 Å². The Morgan fingerprint density at radius 1 is 0.902 bits per heavy atom. The van der Waals surface area contributed by atoms with Crippen molar-refractivity contribution < 1.29 is 44.5 Å². The Bertz CT molecular complexity index is 1220. The molecule has 1 saturated carbocycles. The molecule has 0 amide bonds. The number of rotatable bonds is 13. The van der Waals surface area contributed by atoms with Crippen LogP contribution in [0.1, 0.15) is 29.7 Å². The number of aromatic nitrogens is 1. The van der Waals surface area contributed by atoms with Gasteiger partial charge in [-0.2, -0.15) is 0 Å². The Balaban J connectivity index is 1.63. The fraction of sp³-hybridized carbons (Fsp3) is 0.484. The standard InChI is InChI=1S/C31H41NO9/c1-38-26-12-18(6-8-23(26)34)7-9-25(41-17-33)29-20(15-21-5-4-10-32-21)16-24(35)22(30(29)36)11-19-13-27(39-2)31(37)28(14-19)40-3/h4-6,8,10,12-14,20,22,24-25,29-30,32-37H,7,9,11,15-17H2,1-3H3/t20-,22-,24-,25-,29+,30-/m0/s1. The number of phenols is 2. The average Bonchev–Trinajstić information content (AvgIpc) is 3.48. The van der Waals surface area contributed by atoms with Gasteiger partial charge >= 0.3 is 0 Å². The zero-order valence-corrected chi connectivity index (χ0v) is 23.7. The van der Waals surface area contributed by atoms with E-state index in [4.69, 9.17) is 18.9 Å². The van der Waals surface area contributed by atoms with Crippen LogP contribution in [0.3, 0.4) is 0 Å². The zero-order valence-electron chi connectivity index (χ0n) is 23.7. The van der Waals surface area contributed by atoms with Crippen LogP contribution in [0.25, 0.3) is 0 Å². The van der Waals surface area contributed by atoms with Gasteiger partial charge in [0.1, 0.15) is 6.79 Å². The van der Waals surface area contributed by atoms with Gasteiger partial charge in [-0.1, -0.05) is 6.07 Å². The Kier molecular flexibility index (Phi) is 10.4. The quantitative estimate of drug-likeness (QED) is 0.170. The van der Waals surface area contributed by atoms with E-state index >= 15 is 0 Å². The molecule has 0 saturated heterocycles. The lowest BCUT2D eigenvalue weighted by Crippen LogP contribution is -2.53. The third kappa shape index (κ3) is 7.08. The molecule has 1 heterocycles. The minimum Gasteiger partial charge on any atom is -0.504 e. The second-order valence-electron chi connectivity index (χ2n) is 10.6. The van der Waals surface area contributed by atoms with Crippen molar-refractivity contribution in [2.24, 2.45) is 17.8 Å². The first-order valence-corrected chi connectivity index (χ1v) is 13.8. The molecule has 6 N–H and O–H groups in total. The first-order valence-electron chi connectivity index (χ1n) is 13.8. The number of hydrogen-bond donors (Lipinski definition) is 6. The van der Waals surface area contributed by atoms with Gasteiger partial charge < -0.3 is 49.5 Å². The molecule has 1 fully saturated rings. The van der Waals surface area contributed by atoms with Gasteiger partial charge in [0.25, 0.3) is 0 Å². The first-order chi connectivity index (χ1) is 19.8. The number of H-pyrrole nitrogens is 1. The SMILES string of the molecule is COc1cc(CC[C@H](OCO)[C@H]2[C@@H](Cc3ccc[nH]3)C[C@H](O)[C@H](Cc3cc(OC)c(O)c(OC)c3)[C@@H]2O)ccc1O. The molecule has 10 nitrogen and oxygen atoms in total. The maximum Gasteiger partial charge on any atom is 0.200 e. The van der Waals surface area contributed by atoms with Crippen molar-refractivity contribution in [3.05, 3.63) is 65.5 Å². The predicted octanol–water partition coefficient (Wildman–Crippen LogP) is 3.18. The minimum atomic E-state index is -0.963.